The molecule has 1 aromatic carbocycles. The number of aromatic nitrogens is 1. The first-order valence-corrected chi connectivity index (χ1v) is 9.69. The second kappa shape index (κ2) is 5.68. The fourth-order valence-electron chi connectivity index (χ4n) is 3.11. The summed E-state index contributed by atoms with van der Waals surface area (Å²) in [6.45, 7) is 13.3. The number of thiocarbonyl (C=S) groups is 2. The van der Waals surface area contributed by atoms with Gasteiger partial charge in [0, 0.05) is 22.7 Å². The summed E-state index contributed by atoms with van der Waals surface area (Å²) in [5.41, 5.74) is 4.72. The Morgan fingerprint density at radius 3 is 1.67 bits per heavy atom. The number of thiazole rings is 1. The molecule has 0 spiro atoms. The van der Waals surface area contributed by atoms with Gasteiger partial charge >= 0.3 is 0 Å². The molecule has 0 bridgehead atoms. The average molecular weight is 375 g/mol. The normalized spacial score (nSPS) is 15.2. The van der Waals surface area contributed by atoms with Crippen molar-refractivity contribution in [1.29, 1.82) is 0 Å². The summed E-state index contributed by atoms with van der Waals surface area (Å²) >= 11 is 13.3. The molecule has 0 radical (unpaired) electrons. The maximum absolute atomic E-state index is 5.86. The van der Waals surface area contributed by atoms with Crippen molar-refractivity contribution in [2.75, 3.05) is 4.90 Å². The molecule has 126 valence electrons. The van der Waals surface area contributed by atoms with Crippen LogP contribution < -0.4 is 4.90 Å². The van der Waals surface area contributed by atoms with Gasteiger partial charge in [-0.3, -0.25) is 4.90 Å². The Morgan fingerprint density at radius 1 is 0.875 bits per heavy atom. The molecule has 0 atom stereocenters. The number of anilines is 1. The van der Waals surface area contributed by atoms with Crippen LogP contribution in [0, 0.1) is 0 Å². The fourth-order valence-corrected chi connectivity index (χ4v) is 4.72. The molecular weight excluding hydrogens is 352 g/mol. The number of fused-ring (bicyclic) bond motifs is 1. The third-order valence-corrected chi connectivity index (χ3v) is 5.80. The maximum atomic E-state index is 5.86. The zero-order valence-corrected chi connectivity index (χ0v) is 17.4. The van der Waals surface area contributed by atoms with Crippen molar-refractivity contribution in [3.8, 4) is 0 Å². The highest BCUT2D eigenvalue weighted by Crippen LogP contribution is 2.41. The summed E-state index contributed by atoms with van der Waals surface area (Å²) in [4.78, 5) is 7.96. The Labute approximate surface area is 158 Å². The Kier molecular flexibility index (Phi) is 4.18. The summed E-state index contributed by atoms with van der Waals surface area (Å²) in [7, 11) is 0. The van der Waals surface area contributed by atoms with E-state index in [0.717, 1.165) is 26.2 Å². The minimum absolute atomic E-state index is 0.000933. The van der Waals surface area contributed by atoms with Crippen LogP contribution in [0.15, 0.2) is 23.7 Å². The quantitative estimate of drug-likeness (QED) is 0.603. The third-order valence-electron chi connectivity index (χ3n) is 4.27. The molecule has 2 nitrogen and oxygen atoms in total. The van der Waals surface area contributed by atoms with E-state index in [4.69, 9.17) is 24.4 Å². The van der Waals surface area contributed by atoms with E-state index in [1.165, 1.54) is 11.1 Å². The van der Waals surface area contributed by atoms with E-state index in [9.17, 15) is 0 Å². The monoisotopic (exact) mass is 374 g/mol. The van der Waals surface area contributed by atoms with E-state index in [0.29, 0.717) is 0 Å². The van der Waals surface area contributed by atoms with Gasteiger partial charge in [0.25, 0.3) is 0 Å². The predicted octanol–water partition coefficient (Wildman–Crippen LogP) is 5.61. The van der Waals surface area contributed by atoms with Gasteiger partial charge < -0.3 is 0 Å². The molecular formula is C19H22N2S3. The highest BCUT2D eigenvalue weighted by Gasteiger charge is 2.39. The highest BCUT2D eigenvalue weighted by molar-refractivity contribution is 7.83. The Hall–Kier alpha value is -1.17. The van der Waals surface area contributed by atoms with Crippen LogP contribution in [0.25, 0.3) is 0 Å². The summed E-state index contributed by atoms with van der Waals surface area (Å²) in [6, 6.07) is 4.44. The van der Waals surface area contributed by atoms with Gasteiger partial charge in [0.1, 0.15) is 9.98 Å². The molecule has 0 amide bonds. The van der Waals surface area contributed by atoms with E-state index in [-0.39, 0.29) is 10.8 Å². The SMILES string of the molecule is CC(C)(C)c1ccc(C(C)(C)C)c2c1C(=S)N(c1nccs1)C2=S. The summed E-state index contributed by atoms with van der Waals surface area (Å²) in [5.74, 6) is 0. The van der Waals surface area contributed by atoms with E-state index in [1.807, 2.05) is 10.3 Å². The molecule has 0 aliphatic carbocycles. The fraction of sp³-hybridized carbons (Fsp3) is 0.421. The van der Waals surface area contributed by atoms with Crippen molar-refractivity contribution in [3.63, 3.8) is 0 Å². The van der Waals surface area contributed by atoms with Gasteiger partial charge in [-0.1, -0.05) is 78.1 Å². The predicted molar refractivity (Wildman–Crippen MR) is 112 cm³/mol. The van der Waals surface area contributed by atoms with E-state index >= 15 is 0 Å². The van der Waals surface area contributed by atoms with Crippen LogP contribution >= 0.6 is 35.8 Å². The van der Waals surface area contributed by atoms with Crippen molar-refractivity contribution in [1.82, 2.24) is 4.98 Å². The molecule has 24 heavy (non-hydrogen) atoms. The molecule has 1 aliphatic rings. The van der Waals surface area contributed by atoms with Crippen molar-refractivity contribution >= 4 is 50.9 Å². The molecule has 3 rings (SSSR count). The van der Waals surface area contributed by atoms with Crippen LogP contribution in [0.2, 0.25) is 0 Å². The minimum Gasteiger partial charge on any atom is -0.265 e. The van der Waals surface area contributed by atoms with Crippen molar-refractivity contribution < 1.29 is 0 Å². The van der Waals surface area contributed by atoms with Gasteiger partial charge in [-0.25, -0.2) is 4.98 Å². The largest absolute Gasteiger partial charge is 0.265 e. The minimum atomic E-state index is -0.000933. The molecule has 2 heterocycles. The summed E-state index contributed by atoms with van der Waals surface area (Å²) in [5, 5.41) is 2.81. The molecule has 0 N–H and O–H groups in total. The molecule has 1 aromatic heterocycles. The molecule has 0 unspecified atom stereocenters. The van der Waals surface area contributed by atoms with Crippen LogP contribution in [0.5, 0.6) is 0 Å². The second-order valence-electron chi connectivity index (χ2n) is 8.17. The topological polar surface area (TPSA) is 16.1 Å². The van der Waals surface area contributed by atoms with Crippen LogP contribution in [0.1, 0.15) is 63.8 Å². The summed E-state index contributed by atoms with van der Waals surface area (Å²) < 4.78 is 0. The van der Waals surface area contributed by atoms with Crippen LogP contribution in [0.3, 0.4) is 0 Å². The second-order valence-corrected chi connectivity index (χ2v) is 9.82. The van der Waals surface area contributed by atoms with Crippen LogP contribution in [-0.2, 0) is 10.8 Å². The molecule has 2 aromatic rings. The van der Waals surface area contributed by atoms with E-state index < -0.39 is 0 Å². The molecule has 0 fully saturated rings. The summed E-state index contributed by atoms with van der Waals surface area (Å²) in [6.07, 6.45) is 1.80. The maximum Gasteiger partial charge on any atom is 0.195 e. The van der Waals surface area contributed by atoms with Crippen molar-refractivity contribution in [2.24, 2.45) is 0 Å². The Balaban J connectivity index is 2.32. The number of rotatable bonds is 1. The van der Waals surface area contributed by atoms with Gasteiger partial charge in [-0.15, -0.1) is 11.3 Å². The van der Waals surface area contributed by atoms with Crippen molar-refractivity contribution in [2.45, 2.75) is 52.4 Å². The number of nitrogens with zero attached hydrogens (tertiary/aromatic N) is 2. The lowest BCUT2D eigenvalue weighted by molar-refractivity contribution is 0.575. The van der Waals surface area contributed by atoms with E-state index in [1.54, 1.807) is 17.5 Å². The lowest BCUT2D eigenvalue weighted by Gasteiger charge is -2.27. The van der Waals surface area contributed by atoms with Crippen molar-refractivity contribution in [3.05, 3.63) is 46.0 Å². The number of hydrogen-bond acceptors (Lipinski definition) is 4. The van der Waals surface area contributed by atoms with Gasteiger partial charge in [0.15, 0.2) is 5.13 Å². The highest BCUT2D eigenvalue weighted by atomic mass is 32.1. The van der Waals surface area contributed by atoms with Gasteiger partial charge in [-0.05, 0) is 22.0 Å². The first-order chi connectivity index (χ1) is 11.0. The van der Waals surface area contributed by atoms with Gasteiger partial charge in [-0.2, -0.15) is 0 Å². The first kappa shape index (κ1) is 17.6. The number of hydrogen-bond donors (Lipinski definition) is 0. The average Bonchev–Trinajstić information content (AvgIpc) is 3.04. The third kappa shape index (κ3) is 2.72. The lowest BCUT2D eigenvalue weighted by atomic mass is 9.77. The van der Waals surface area contributed by atoms with E-state index in [2.05, 4.69) is 58.7 Å². The van der Waals surface area contributed by atoms with Gasteiger partial charge in [0.05, 0.1) is 0 Å². The standard InChI is InChI=1S/C19H22N2S3/c1-18(2,3)11-7-8-12(19(4,5)6)14-13(11)15(22)21(16(14)23)17-20-9-10-24-17/h7-10H,1-6H3. The Morgan fingerprint density at radius 2 is 1.33 bits per heavy atom. The van der Waals surface area contributed by atoms with Crippen LogP contribution in [-0.4, -0.2) is 15.0 Å². The van der Waals surface area contributed by atoms with Gasteiger partial charge in [0.2, 0.25) is 0 Å². The first-order valence-electron chi connectivity index (χ1n) is 7.99. The number of benzene rings is 1. The lowest BCUT2D eigenvalue weighted by Crippen LogP contribution is -2.28. The molecule has 1 aliphatic heterocycles. The molecule has 0 saturated carbocycles. The molecule has 0 saturated heterocycles. The zero-order valence-electron chi connectivity index (χ0n) is 14.9. The Bertz CT molecular complexity index is 769. The smallest absolute Gasteiger partial charge is 0.195 e. The molecule has 5 heteroatoms. The zero-order chi connectivity index (χ0) is 17.9. The van der Waals surface area contributed by atoms with Crippen LogP contribution in [0.4, 0.5) is 5.13 Å².